The Kier molecular flexibility index (Phi) is 3.78. The molecule has 4 rings (SSSR count). The van der Waals surface area contributed by atoms with Gasteiger partial charge in [0.2, 0.25) is 0 Å². The Morgan fingerprint density at radius 2 is 1.88 bits per heavy atom. The van der Waals surface area contributed by atoms with Gasteiger partial charge in [0.05, 0.1) is 17.4 Å². The summed E-state index contributed by atoms with van der Waals surface area (Å²) in [5, 5.41) is 3.84. The van der Waals surface area contributed by atoms with Crippen molar-refractivity contribution in [3.63, 3.8) is 0 Å². The molecule has 0 bridgehead atoms. The molecule has 3 aromatic rings. The molecule has 1 aliphatic rings. The van der Waals surface area contributed by atoms with Gasteiger partial charge in [-0.3, -0.25) is 9.78 Å². The first-order valence-electron chi connectivity index (χ1n) is 8.03. The van der Waals surface area contributed by atoms with Crippen molar-refractivity contribution in [2.75, 3.05) is 23.3 Å². The molecular formula is C18H17N5O. The fourth-order valence-corrected chi connectivity index (χ4v) is 2.92. The predicted molar refractivity (Wildman–Crippen MR) is 93.2 cm³/mol. The van der Waals surface area contributed by atoms with Crippen molar-refractivity contribution >= 4 is 28.3 Å². The monoisotopic (exact) mass is 319 g/mol. The molecule has 0 atom stereocenters. The molecule has 3 heterocycles. The Labute approximate surface area is 139 Å². The van der Waals surface area contributed by atoms with E-state index in [0.717, 1.165) is 42.7 Å². The number of nitrogens with one attached hydrogen (secondary N) is 1. The minimum atomic E-state index is -0.255. The molecular weight excluding hydrogens is 302 g/mol. The first-order chi connectivity index (χ1) is 11.8. The SMILES string of the molecule is O=C(Nc1cnc2ccccc2c1)c1cc(N2CCCC2)ncn1. The van der Waals surface area contributed by atoms with Gasteiger partial charge < -0.3 is 10.2 Å². The van der Waals surface area contributed by atoms with Crippen molar-refractivity contribution in [2.24, 2.45) is 0 Å². The van der Waals surface area contributed by atoms with Crippen molar-refractivity contribution in [3.05, 3.63) is 54.6 Å². The van der Waals surface area contributed by atoms with Gasteiger partial charge in [-0.25, -0.2) is 9.97 Å². The molecule has 2 aromatic heterocycles. The molecule has 6 heteroatoms. The molecule has 0 unspecified atom stereocenters. The summed E-state index contributed by atoms with van der Waals surface area (Å²) in [5.41, 5.74) is 1.91. The molecule has 1 saturated heterocycles. The maximum absolute atomic E-state index is 12.5. The van der Waals surface area contributed by atoms with Gasteiger partial charge in [0.15, 0.2) is 0 Å². The van der Waals surface area contributed by atoms with E-state index in [1.165, 1.54) is 6.33 Å². The van der Waals surface area contributed by atoms with Crippen molar-refractivity contribution in [2.45, 2.75) is 12.8 Å². The van der Waals surface area contributed by atoms with Crippen LogP contribution in [0.25, 0.3) is 10.9 Å². The number of rotatable bonds is 3. The van der Waals surface area contributed by atoms with Crippen LogP contribution in [0.15, 0.2) is 48.9 Å². The summed E-state index contributed by atoms with van der Waals surface area (Å²) < 4.78 is 0. The minimum absolute atomic E-state index is 0.255. The summed E-state index contributed by atoms with van der Waals surface area (Å²) >= 11 is 0. The van der Waals surface area contributed by atoms with Crippen molar-refractivity contribution in [3.8, 4) is 0 Å². The van der Waals surface area contributed by atoms with Gasteiger partial charge >= 0.3 is 0 Å². The van der Waals surface area contributed by atoms with Crippen LogP contribution >= 0.6 is 0 Å². The van der Waals surface area contributed by atoms with Crippen LogP contribution < -0.4 is 10.2 Å². The van der Waals surface area contributed by atoms with Crippen molar-refractivity contribution < 1.29 is 4.79 Å². The lowest BCUT2D eigenvalue weighted by atomic mass is 10.2. The number of amides is 1. The number of hydrogen-bond acceptors (Lipinski definition) is 5. The Hall–Kier alpha value is -3.02. The van der Waals surface area contributed by atoms with E-state index in [-0.39, 0.29) is 5.91 Å². The zero-order valence-corrected chi connectivity index (χ0v) is 13.1. The standard InChI is InChI=1S/C18H17N5O/c24-18(16-10-17(21-12-20-16)23-7-3-4-8-23)22-14-9-13-5-1-2-6-15(13)19-11-14/h1-2,5-6,9-12H,3-4,7-8H2,(H,22,24). The number of pyridine rings is 1. The highest BCUT2D eigenvalue weighted by Crippen LogP contribution is 2.19. The highest BCUT2D eigenvalue weighted by molar-refractivity contribution is 6.03. The highest BCUT2D eigenvalue weighted by atomic mass is 16.1. The van der Waals surface area contributed by atoms with Crippen LogP contribution in [0, 0.1) is 0 Å². The van der Waals surface area contributed by atoms with Crippen LogP contribution in [0.1, 0.15) is 23.3 Å². The molecule has 0 radical (unpaired) electrons. The fourth-order valence-electron chi connectivity index (χ4n) is 2.92. The normalized spacial score (nSPS) is 14.1. The largest absolute Gasteiger partial charge is 0.357 e. The van der Waals surface area contributed by atoms with Crippen LogP contribution in [0.4, 0.5) is 11.5 Å². The average Bonchev–Trinajstić information content (AvgIpc) is 3.16. The summed E-state index contributed by atoms with van der Waals surface area (Å²) in [6.45, 7) is 1.96. The summed E-state index contributed by atoms with van der Waals surface area (Å²) in [6, 6.07) is 11.4. The summed E-state index contributed by atoms with van der Waals surface area (Å²) in [4.78, 5) is 27.4. The number of carbonyl (C=O) groups excluding carboxylic acids is 1. The Morgan fingerprint density at radius 1 is 1.04 bits per heavy atom. The molecule has 0 spiro atoms. The first kappa shape index (κ1) is 14.6. The van der Waals surface area contributed by atoms with Crippen LogP contribution in [-0.4, -0.2) is 33.9 Å². The molecule has 1 fully saturated rings. The number of carbonyl (C=O) groups is 1. The van der Waals surface area contributed by atoms with Gasteiger partial charge in [0.1, 0.15) is 17.8 Å². The third-order valence-corrected chi connectivity index (χ3v) is 4.16. The van der Waals surface area contributed by atoms with Crippen LogP contribution in [-0.2, 0) is 0 Å². The zero-order chi connectivity index (χ0) is 16.4. The number of hydrogen-bond donors (Lipinski definition) is 1. The van der Waals surface area contributed by atoms with E-state index >= 15 is 0 Å². The number of benzene rings is 1. The molecule has 120 valence electrons. The molecule has 1 aromatic carbocycles. The molecule has 1 N–H and O–H groups in total. The van der Waals surface area contributed by atoms with Gasteiger partial charge in [-0.1, -0.05) is 18.2 Å². The molecule has 24 heavy (non-hydrogen) atoms. The van der Waals surface area contributed by atoms with Gasteiger partial charge in [-0.15, -0.1) is 0 Å². The Balaban J connectivity index is 1.55. The van der Waals surface area contributed by atoms with E-state index in [1.54, 1.807) is 12.3 Å². The average molecular weight is 319 g/mol. The second kappa shape index (κ2) is 6.23. The zero-order valence-electron chi connectivity index (χ0n) is 13.1. The molecule has 1 aliphatic heterocycles. The minimum Gasteiger partial charge on any atom is -0.357 e. The van der Waals surface area contributed by atoms with Crippen LogP contribution in [0.5, 0.6) is 0 Å². The molecule has 0 aliphatic carbocycles. The van der Waals surface area contributed by atoms with Gasteiger partial charge in [-0.05, 0) is 25.0 Å². The van der Waals surface area contributed by atoms with Crippen molar-refractivity contribution in [1.82, 2.24) is 15.0 Å². The fraction of sp³-hybridized carbons (Fsp3) is 0.222. The van der Waals surface area contributed by atoms with Gasteiger partial charge in [-0.2, -0.15) is 0 Å². The third kappa shape index (κ3) is 2.90. The van der Waals surface area contributed by atoms with Crippen LogP contribution in [0.3, 0.4) is 0 Å². The molecule has 6 nitrogen and oxygen atoms in total. The Bertz CT molecular complexity index is 889. The second-order valence-corrected chi connectivity index (χ2v) is 5.83. The van der Waals surface area contributed by atoms with E-state index in [1.807, 2.05) is 30.3 Å². The van der Waals surface area contributed by atoms with E-state index in [4.69, 9.17) is 0 Å². The molecule has 0 saturated carbocycles. The number of aromatic nitrogens is 3. The van der Waals surface area contributed by atoms with E-state index in [9.17, 15) is 4.79 Å². The summed E-state index contributed by atoms with van der Waals surface area (Å²) in [5.74, 6) is 0.555. The third-order valence-electron chi connectivity index (χ3n) is 4.16. The van der Waals surface area contributed by atoms with E-state index in [0.29, 0.717) is 11.4 Å². The summed E-state index contributed by atoms with van der Waals surface area (Å²) in [6.07, 6.45) is 5.42. The molecule has 1 amide bonds. The predicted octanol–water partition coefficient (Wildman–Crippen LogP) is 2.88. The number of anilines is 2. The number of nitrogens with zero attached hydrogens (tertiary/aromatic N) is 4. The van der Waals surface area contributed by atoms with E-state index < -0.39 is 0 Å². The second-order valence-electron chi connectivity index (χ2n) is 5.83. The number of fused-ring (bicyclic) bond motifs is 1. The highest BCUT2D eigenvalue weighted by Gasteiger charge is 2.16. The lowest BCUT2D eigenvalue weighted by molar-refractivity contribution is 0.102. The maximum Gasteiger partial charge on any atom is 0.274 e. The topological polar surface area (TPSA) is 71.0 Å². The van der Waals surface area contributed by atoms with Crippen LogP contribution in [0.2, 0.25) is 0 Å². The Morgan fingerprint density at radius 3 is 2.75 bits per heavy atom. The first-order valence-corrected chi connectivity index (χ1v) is 8.03. The van der Waals surface area contributed by atoms with Gasteiger partial charge in [0, 0.05) is 24.5 Å². The lowest BCUT2D eigenvalue weighted by Crippen LogP contribution is -2.21. The smallest absolute Gasteiger partial charge is 0.274 e. The summed E-state index contributed by atoms with van der Waals surface area (Å²) in [7, 11) is 0. The quantitative estimate of drug-likeness (QED) is 0.804. The lowest BCUT2D eigenvalue weighted by Gasteiger charge is -2.16. The van der Waals surface area contributed by atoms with Crippen molar-refractivity contribution in [1.29, 1.82) is 0 Å². The maximum atomic E-state index is 12.5. The van der Waals surface area contributed by atoms with Gasteiger partial charge in [0.25, 0.3) is 5.91 Å². The number of para-hydroxylation sites is 1. The van der Waals surface area contributed by atoms with E-state index in [2.05, 4.69) is 25.2 Å².